The van der Waals surface area contributed by atoms with Crippen molar-refractivity contribution in [1.82, 2.24) is 0 Å². The van der Waals surface area contributed by atoms with E-state index in [0.29, 0.717) is 12.1 Å². The summed E-state index contributed by atoms with van der Waals surface area (Å²) >= 11 is 0. The van der Waals surface area contributed by atoms with Crippen LogP contribution in [0.2, 0.25) is 0 Å². The van der Waals surface area contributed by atoms with Gasteiger partial charge in [-0.25, -0.2) is 8.78 Å². The second-order valence-electron chi connectivity index (χ2n) is 5.48. The molecule has 1 unspecified atom stereocenters. The average molecular weight is 288 g/mol. The molecule has 0 fully saturated rings. The summed E-state index contributed by atoms with van der Waals surface area (Å²) in [6.07, 6.45) is 0.881. The molecule has 2 nitrogen and oxygen atoms in total. The second-order valence-corrected chi connectivity index (χ2v) is 5.48. The zero-order valence-electron chi connectivity index (χ0n) is 11.9. The van der Waals surface area contributed by atoms with E-state index in [9.17, 15) is 8.78 Å². The van der Waals surface area contributed by atoms with Gasteiger partial charge in [-0.05, 0) is 48.2 Å². The molecule has 2 N–H and O–H groups in total. The van der Waals surface area contributed by atoms with Crippen LogP contribution in [0.5, 0.6) is 0 Å². The van der Waals surface area contributed by atoms with Gasteiger partial charge in [0.1, 0.15) is 11.6 Å². The first-order valence-corrected chi connectivity index (χ1v) is 7.11. The maximum Gasteiger partial charge on any atom is 0.126 e. The third-order valence-electron chi connectivity index (χ3n) is 4.15. The lowest BCUT2D eigenvalue weighted by molar-refractivity contribution is 0.608. The fourth-order valence-electron chi connectivity index (χ4n) is 3.02. The van der Waals surface area contributed by atoms with Crippen LogP contribution >= 0.6 is 0 Å². The largest absolute Gasteiger partial charge is 0.363 e. The van der Waals surface area contributed by atoms with Gasteiger partial charge in [-0.1, -0.05) is 18.2 Å². The van der Waals surface area contributed by atoms with Crippen molar-refractivity contribution in [2.75, 3.05) is 18.0 Å². The van der Waals surface area contributed by atoms with Gasteiger partial charge in [0.25, 0.3) is 0 Å². The molecular formula is C17H18F2N2. The second kappa shape index (κ2) is 5.45. The van der Waals surface area contributed by atoms with E-state index in [2.05, 4.69) is 4.90 Å². The number of hydrogen-bond acceptors (Lipinski definition) is 2. The van der Waals surface area contributed by atoms with Crippen molar-refractivity contribution in [3.63, 3.8) is 0 Å². The minimum atomic E-state index is -0.244. The normalized spacial score (nSPS) is 15.1. The van der Waals surface area contributed by atoms with Crippen molar-refractivity contribution < 1.29 is 8.78 Å². The number of halogens is 2. The van der Waals surface area contributed by atoms with E-state index in [1.165, 1.54) is 12.1 Å². The summed E-state index contributed by atoms with van der Waals surface area (Å²) < 4.78 is 27.0. The number of hydrogen-bond donors (Lipinski definition) is 1. The highest BCUT2D eigenvalue weighted by atomic mass is 19.1. The Morgan fingerprint density at radius 1 is 1.19 bits per heavy atom. The molecular weight excluding hydrogens is 270 g/mol. The molecule has 110 valence electrons. The van der Waals surface area contributed by atoms with Crippen LogP contribution in [0.1, 0.15) is 22.7 Å². The molecule has 0 amide bonds. The molecule has 1 heterocycles. The fraction of sp³-hybridized carbons (Fsp3) is 0.294. The Kier molecular flexibility index (Phi) is 3.64. The Bertz CT molecular complexity index is 670. The number of nitrogens with two attached hydrogens (primary N) is 1. The van der Waals surface area contributed by atoms with Crippen molar-refractivity contribution in [3.05, 3.63) is 64.7 Å². The van der Waals surface area contributed by atoms with E-state index in [1.54, 1.807) is 19.1 Å². The molecule has 0 spiro atoms. The van der Waals surface area contributed by atoms with Gasteiger partial charge in [-0.2, -0.15) is 0 Å². The van der Waals surface area contributed by atoms with Gasteiger partial charge < -0.3 is 10.6 Å². The smallest absolute Gasteiger partial charge is 0.126 e. The van der Waals surface area contributed by atoms with Crippen molar-refractivity contribution in [3.8, 4) is 0 Å². The Morgan fingerprint density at radius 3 is 2.71 bits per heavy atom. The van der Waals surface area contributed by atoms with Crippen molar-refractivity contribution in [2.24, 2.45) is 5.73 Å². The zero-order chi connectivity index (χ0) is 15.0. The highest BCUT2D eigenvalue weighted by molar-refractivity contribution is 5.60. The molecule has 0 saturated heterocycles. The Balaban J connectivity index is 1.98. The minimum Gasteiger partial charge on any atom is -0.363 e. The van der Waals surface area contributed by atoms with Gasteiger partial charge in [0.15, 0.2) is 0 Å². The maximum absolute atomic E-state index is 13.5. The molecule has 2 aromatic carbocycles. The quantitative estimate of drug-likeness (QED) is 0.938. The summed E-state index contributed by atoms with van der Waals surface area (Å²) in [6.45, 7) is 2.95. The molecule has 2 aromatic rings. The molecule has 0 radical (unpaired) electrons. The minimum absolute atomic E-state index is 0.0626. The monoisotopic (exact) mass is 288 g/mol. The van der Waals surface area contributed by atoms with Gasteiger partial charge >= 0.3 is 0 Å². The molecule has 0 saturated carbocycles. The highest BCUT2D eigenvalue weighted by Crippen LogP contribution is 2.35. The Morgan fingerprint density at radius 2 is 2.00 bits per heavy atom. The SMILES string of the molecule is Cc1cc(C(CN)N2CCc3ccc(F)cc32)ccc1F. The molecule has 0 aliphatic carbocycles. The molecule has 0 bridgehead atoms. The van der Waals surface area contributed by atoms with Crippen LogP contribution in [0.4, 0.5) is 14.5 Å². The van der Waals surface area contributed by atoms with E-state index in [4.69, 9.17) is 5.73 Å². The number of benzene rings is 2. The molecule has 3 rings (SSSR count). The summed E-state index contributed by atoms with van der Waals surface area (Å²) in [5.74, 6) is -0.464. The number of rotatable bonds is 3. The van der Waals surface area contributed by atoms with Gasteiger partial charge in [0.2, 0.25) is 0 Å². The first-order chi connectivity index (χ1) is 10.1. The van der Waals surface area contributed by atoms with Crippen LogP contribution in [0.3, 0.4) is 0 Å². The van der Waals surface area contributed by atoms with Gasteiger partial charge in [-0.3, -0.25) is 0 Å². The predicted molar refractivity (Wildman–Crippen MR) is 80.4 cm³/mol. The maximum atomic E-state index is 13.5. The Hall–Kier alpha value is -1.94. The average Bonchev–Trinajstić information content (AvgIpc) is 2.87. The number of fused-ring (bicyclic) bond motifs is 1. The van der Waals surface area contributed by atoms with E-state index in [0.717, 1.165) is 29.8 Å². The molecule has 1 atom stereocenters. The summed E-state index contributed by atoms with van der Waals surface area (Å²) in [5, 5.41) is 0. The van der Waals surface area contributed by atoms with Crippen LogP contribution in [-0.2, 0) is 6.42 Å². The molecule has 0 aromatic heterocycles. The van der Waals surface area contributed by atoms with E-state index < -0.39 is 0 Å². The fourth-order valence-corrected chi connectivity index (χ4v) is 3.02. The third-order valence-corrected chi connectivity index (χ3v) is 4.15. The third kappa shape index (κ3) is 2.51. The lowest BCUT2D eigenvalue weighted by Crippen LogP contribution is -2.32. The number of nitrogens with zero attached hydrogens (tertiary/aromatic N) is 1. The van der Waals surface area contributed by atoms with Crippen LogP contribution in [0.25, 0.3) is 0 Å². The molecule has 4 heteroatoms. The first-order valence-electron chi connectivity index (χ1n) is 7.11. The Labute approximate surface area is 123 Å². The molecule has 1 aliphatic rings. The van der Waals surface area contributed by atoms with Crippen LogP contribution in [-0.4, -0.2) is 13.1 Å². The van der Waals surface area contributed by atoms with Crippen molar-refractivity contribution >= 4 is 5.69 Å². The standard InChI is InChI=1S/C17H18F2N2/c1-11-8-13(3-5-15(11)19)17(10-20)21-7-6-12-2-4-14(18)9-16(12)21/h2-5,8-9,17H,6-7,10,20H2,1H3. The van der Waals surface area contributed by atoms with Crippen LogP contribution in [0, 0.1) is 18.6 Å². The summed E-state index contributed by atoms with van der Waals surface area (Å²) in [4.78, 5) is 2.12. The van der Waals surface area contributed by atoms with Crippen LogP contribution < -0.4 is 10.6 Å². The van der Waals surface area contributed by atoms with Gasteiger partial charge in [0.05, 0.1) is 6.04 Å². The first kappa shape index (κ1) is 14.0. The number of anilines is 1. The van der Waals surface area contributed by atoms with E-state index >= 15 is 0 Å². The summed E-state index contributed by atoms with van der Waals surface area (Å²) in [5.41, 5.74) is 9.54. The van der Waals surface area contributed by atoms with E-state index in [-0.39, 0.29) is 17.7 Å². The topological polar surface area (TPSA) is 29.3 Å². The van der Waals surface area contributed by atoms with Gasteiger partial charge in [0, 0.05) is 18.8 Å². The lowest BCUT2D eigenvalue weighted by Gasteiger charge is -2.30. The summed E-state index contributed by atoms with van der Waals surface area (Å²) in [6, 6.07) is 9.86. The van der Waals surface area contributed by atoms with E-state index in [1.807, 2.05) is 12.1 Å². The molecule has 21 heavy (non-hydrogen) atoms. The van der Waals surface area contributed by atoms with Crippen molar-refractivity contribution in [1.29, 1.82) is 0 Å². The number of aryl methyl sites for hydroxylation is 1. The van der Waals surface area contributed by atoms with Crippen LogP contribution in [0.15, 0.2) is 36.4 Å². The molecule has 1 aliphatic heterocycles. The highest BCUT2D eigenvalue weighted by Gasteiger charge is 2.27. The predicted octanol–water partition coefficient (Wildman–Crippen LogP) is 3.34. The summed E-state index contributed by atoms with van der Waals surface area (Å²) in [7, 11) is 0. The zero-order valence-corrected chi connectivity index (χ0v) is 11.9. The lowest BCUT2D eigenvalue weighted by atomic mass is 10.0. The van der Waals surface area contributed by atoms with Gasteiger partial charge in [-0.15, -0.1) is 0 Å². The van der Waals surface area contributed by atoms with Crippen molar-refractivity contribution in [2.45, 2.75) is 19.4 Å².